The number of alkyl halides is 3. The Bertz CT molecular complexity index is 1290. The molecule has 0 aliphatic carbocycles. The largest absolute Gasteiger partial charge is 0.573 e. The molecule has 11 nitrogen and oxygen atoms in total. The van der Waals surface area contributed by atoms with Crippen LogP contribution in [0.15, 0.2) is 47.9 Å². The molecule has 1 aliphatic heterocycles. The van der Waals surface area contributed by atoms with Crippen molar-refractivity contribution in [3.05, 3.63) is 43.0 Å². The third kappa shape index (κ3) is 4.78. The highest BCUT2D eigenvalue weighted by Crippen LogP contribution is 2.28. The van der Waals surface area contributed by atoms with Crippen LogP contribution in [-0.4, -0.2) is 75.8 Å². The minimum atomic E-state index is -4.93. The summed E-state index contributed by atoms with van der Waals surface area (Å²) in [6, 6.07) is 2.07. The van der Waals surface area contributed by atoms with Crippen molar-refractivity contribution in [1.29, 1.82) is 0 Å². The van der Waals surface area contributed by atoms with Crippen LogP contribution < -0.4 is 9.64 Å². The van der Waals surface area contributed by atoms with E-state index in [0.717, 1.165) is 28.6 Å². The standard InChI is InChI=1S/C18H15F3N6O5S/c19-18(20,21)32-11-1-3-12(4-2-11)33(30,31)27-6-5-26(9-14(27)17(28)29)15-8-23-13-7-22-10-24-16(13)25-15/h1-4,7-8,10,14H,5-6,9H2,(H,28,29)/t14-/m1/s1. The lowest BCUT2D eigenvalue weighted by atomic mass is 10.2. The van der Waals surface area contributed by atoms with Crippen LogP contribution in [0.2, 0.25) is 0 Å². The monoisotopic (exact) mass is 484 g/mol. The Labute approximate surface area is 184 Å². The maximum Gasteiger partial charge on any atom is 0.573 e. The second-order valence-electron chi connectivity index (χ2n) is 6.89. The zero-order chi connectivity index (χ0) is 23.8. The quantitative estimate of drug-likeness (QED) is 0.563. The Morgan fingerprint density at radius 3 is 2.52 bits per heavy atom. The van der Waals surface area contributed by atoms with Crippen LogP contribution in [0.1, 0.15) is 0 Å². The van der Waals surface area contributed by atoms with E-state index in [2.05, 4.69) is 24.7 Å². The molecular formula is C18H15F3N6O5S. The number of rotatable bonds is 5. The number of ether oxygens (including phenoxy) is 1. The van der Waals surface area contributed by atoms with Crippen molar-refractivity contribution >= 4 is 33.0 Å². The molecule has 0 spiro atoms. The van der Waals surface area contributed by atoms with Crippen LogP contribution in [0.25, 0.3) is 11.2 Å². The highest BCUT2D eigenvalue weighted by atomic mass is 32.2. The summed E-state index contributed by atoms with van der Waals surface area (Å²) in [4.78, 5) is 29.4. The lowest BCUT2D eigenvalue weighted by Gasteiger charge is -2.38. The summed E-state index contributed by atoms with van der Waals surface area (Å²) in [6.07, 6.45) is -0.762. The number of fused-ring (bicyclic) bond motifs is 1. The van der Waals surface area contributed by atoms with Gasteiger partial charge in [-0.15, -0.1) is 13.2 Å². The van der Waals surface area contributed by atoms with E-state index in [1.165, 1.54) is 18.7 Å². The van der Waals surface area contributed by atoms with Gasteiger partial charge in [0.05, 0.1) is 17.3 Å². The number of carboxylic acids is 1. The van der Waals surface area contributed by atoms with Crippen LogP contribution in [0.3, 0.4) is 0 Å². The number of aromatic nitrogens is 4. The summed E-state index contributed by atoms with van der Waals surface area (Å²) >= 11 is 0. The average Bonchev–Trinajstić information content (AvgIpc) is 2.77. The van der Waals surface area contributed by atoms with E-state index in [9.17, 15) is 31.5 Å². The zero-order valence-corrected chi connectivity index (χ0v) is 17.4. The maximum atomic E-state index is 13.1. The summed E-state index contributed by atoms with van der Waals surface area (Å²) in [5, 5.41) is 9.69. The molecule has 1 atom stereocenters. The summed E-state index contributed by atoms with van der Waals surface area (Å²) in [5.74, 6) is -1.67. The summed E-state index contributed by atoms with van der Waals surface area (Å²) in [5.41, 5.74) is 0.737. The average molecular weight is 484 g/mol. The molecule has 1 saturated heterocycles. The predicted molar refractivity (Wildman–Crippen MR) is 106 cm³/mol. The van der Waals surface area contributed by atoms with Crippen molar-refractivity contribution in [2.24, 2.45) is 0 Å². The van der Waals surface area contributed by atoms with E-state index < -0.39 is 34.1 Å². The number of anilines is 1. The van der Waals surface area contributed by atoms with Crippen molar-refractivity contribution < 1.29 is 36.2 Å². The van der Waals surface area contributed by atoms with E-state index in [-0.39, 0.29) is 24.5 Å². The van der Waals surface area contributed by atoms with Crippen LogP contribution in [0.5, 0.6) is 5.75 Å². The number of carboxylic acid groups (broad SMARTS) is 1. The summed E-state index contributed by atoms with van der Waals surface area (Å²) in [6.45, 7) is -0.331. The molecule has 15 heteroatoms. The third-order valence-electron chi connectivity index (χ3n) is 4.82. The van der Waals surface area contributed by atoms with E-state index in [0.29, 0.717) is 17.0 Å². The van der Waals surface area contributed by atoms with Gasteiger partial charge in [-0.2, -0.15) is 4.31 Å². The topological polar surface area (TPSA) is 139 Å². The minimum Gasteiger partial charge on any atom is -0.480 e. The van der Waals surface area contributed by atoms with Crippen molar-refractivity contribution in [3.63, 3.8) is 0 Å². The zero-order valence-electron chi connectivity index (χ0n) is 16.5. The van der Waals surface area contributed by atoms with E-state index in [1.54, 1.807) is 4.90 Å². The molecule has 1 N–H and O–H groups in total. The first kappa shape index (κ1) is 22.6. The number of halogens is 3. The van der Waals surface area contributed by atoms with Gasteiger partial charge in [0.15, 0.2) is 5.65 Å². The number of nitrogens with zero attached hydrogens (tertiary/aromatic N) is 6. The second-order valence-corrected chi connectivity index (χ2v) is 8.79. The molecular weight excluding hydrogens is 469 g/mol. The molecule has 1 fully saturated rings. The Morgan fingerprint density at radius 1 is 1.12 bits per heavy atom. The van der Waals surface area contributed by atoms with E-state index in [4.69, 9.17) is 0 Å². The SMILES string of the molecule is O=C(O)[C@H]1CN(c2cnc3cncnc3n2)CCN1S(=O)(=O)c1ccc(OC(F)(F)F)cc1. The molecule has 4 rings (SSSR count). The lowest BCUT2D eigenvalue weighted by Crippen LogP contribution is -2.58. The fraction of sp³-hybridized carbons (Fsp3) is 0.278. The molecule has 2 aromatic heterocycles. The van der Waals surface area contributed by atoms with Crippen molar-refractivity contribution in [3.8, 4) is 5.75 Å². The van der Waals surface area contributed by atoms with Gasteiger partial charge in [0.1, 0.15) is 29.5 Å². The Hall–Kier alpha value is -3.59. The van der Waals surface area contributed by atoms with Gasteiger partial charge in [-0.3, -0.25) is 4.79 Å². The first-order valence-electron chi connectivity index (χ1n) is 9.33. The molecule has 1 aliphatic rings. The molecule has 0 amide bonds. The van der Waals surface area contributed by atoms with Crippen molar-refractivity contribution in [2.75, 3.05) is 24.5 Å². The Morgan fingerprint density at radius 2 is 1.85 bits per heavy atom. The minimum absolute atomic E-state index is 0.101. The summed E-state index contributed by atoms with van der Waals surface area (Å²) in [7, 11) is -4.32. The Kier molecular flexibility index (Phi) is 5.75. The molecule has 0 radical (unpaired) electrons. The first-order chi connectivity index (χ1) is 15.5. The lowest BCUT2D eigenvalue weighted by molar-refractivity contribution is -0.274. The Balaban J connectivity index is 1.57. The second kappa shape index (κ2) is 8.40. The molecule has 1 aromatic carbocycles. The number of hydrogen-bond donors (Lipinski definition) is 1. The van der Waals surface area contributed by atoms with Crippen LogP contribution in [0, 0.1) is 0 Å². The number of hydrogen-bond acceptors (Lipinski definition) is 9. The fourth-order valence-electron chi connectivity index (χ4n) is 3.32. The third-order valence-corrected chi connectivity index (χ3v) is 6.74. The smallest absolute Gasteiger partial charge is 0.480 e. The van der Waals surface area contributed by atoms with Crippen molar-refractivity contribution in [2.45, 2.75) is 17.3 Å². The summed E-state index contributed by atoms with van der Waals surface area (Å²) < 4.78 is 67.6. The normalized spacial score (nSPS) is 17.8. The predicted octanol–water partition coefficient (Wildman–Crippen LogP) is 1.28. The number of carbonyl (C=O) groups is 1. The van der Waals surface area contributed by atoms with E-state index in [1.807, 2.05) is 0 Å². The van der Waals surface area contributed by atoms with Crippen LogP contribution in [-0.2, 0) is 14.8 Å². The number of sulfonamides is 1. The van der Waals surface area contributed by atoms with E-state index >= 15 is 0 Å². The van der Waals surface area contributed by atoms with Crippen LogP contribution in [0.4, 0.5) is 19.0 Å². The number of benzene rings is 1. The van der Waals surface area contributed by atoms with Gasteiger partial charge in [0, 0.05) is 19.6 Å². The van der Waals surface area contributed by atoms with Gasteiger partial charge in [-0.05, 0) is 24.3 Å². The maximum absolute atomic E-state index is 13.1. The molecule has 0 unspecified atom stereocenters. The van der Waals surface area contributed by atoms with Crippen LogP contribution >= 0.6 is 0 Å². The molecule has 0 saturated carbocycles. The van der Waals surface area contributed by atoms with Gasteiger partial charge >= 0.3 is 12.3 Å². The molecule has 0 bridgehead atoms. The molecule has 174 valence electrons. The van der Waals surface area contributed by atoms with Gasteiger partial charge < -0.3 is 14.7 Å². The first-order valence-corrected chi connectivity index (χ1v) is 10.8. The van der Waals surface area contributed by atoms with Gasteiger partial charge in [-0.25, -0.2) is 28.4 Å². The number of aliphatic carboxylic acids is 1. The highest BCUT2D eigenvalue weighted by Gasteiger charge is 2.41. The highest BCUT2D eigenvalue weighted by molar-refractivity contribution is 7.89. The van der Waals surface area contributed by atoms with Crippen molar-refractivity contribution in [1.82, 2.24) is 24.2 Å². The fourth-order valence-corrected chi connectivity index (χ4v) is 4.89. The molecule has 33 heavy (non-hydrogen) atoms. The molecule has 3 heterocycles. The van der Waals surface area contributed by atoms with Gasteiger partial charge in [0.25, 0.3) is 0 Å². The number of piperazine rings is 1. The van der Waals surface area contributed by atoms with Gasteiger partial charge in [-0.1, -0.05) is 0 Å². The van der Waals surface area contributed by atoms with Gasteiger partial charge in [0.2, 0.25) is 10.0 Å². The molecule has 3 aromatic rings.